The van der Waals surface area contributed by atoms with E-state index >= 15 is 0 Å². The summed E-state index contributed by atoms with van der Waals surface area (Å²) in [6.45, 7) is 13.4. The molecule has 0 radical (unpaired) electrons. The van der Waals surface area contributed by atoms with Crippen LogP contribution in [0.15, 0.2) is 55.1 Å². The molecule has 0 saturated carbocycles. The Hall–Kier alpha value is -6.58. The molecule has 6 N–H and O–H groups in total. The van der Waals surface area contributed by atoms with Gasteiger partial charge in [0, 0.05) is 42.9 Å². The van der Waals surface area contributed by atoms with Crippen LogP contribution in [0.25, 0.3) is 22.1 Å². The molecule has 4 heterocycles. The maximum Gasteiger partial charge on any atom is 0.276 e. The molecular weight excluding hydrogens is 688 g/mol. The monoisotopic (exact) mass is 732 g/mol. The minimum absolute atomic E-state index is 0.322. The predicted octanol–water partition coefficient (Wildman–Crippen LogP) is 4.74. The van der Waals surface area contributed by atoms with Crippen LogP contribution in [0.2, 0.25) is 0 Å². The van der Waals surface area contributed by atoms with Crippen molar-refractivity contribution in [2.24, 2.45) is 11.5 Å². The lowest BCUT2D eigenvalue weighted by Crippen LogP contribution is -2.21. The number of benzene rings is 2. The number of nitrogens with one attached hydrogen (secondary N) is 2. The first kappa shape index (κ1) is 37.2. The Labute approximate surface area is 311 Å². The Bertz CT molecular complexity index is 2430. The molecule has 0 aliphatic rings. The van der Waals surface area contributed by atoms with Gasteiger partial charge in [0.1, 0.15) is 11.4 Å². The molecule has 16 heteroatoms. The Balaban J connectivity index is 1.12. The second kappa shape index (κ2) is 15.6. The van der Waals surface area contributed by atoms with Crippen molar-refractivity contribution >= 4 is 57.6 Å². The van der Waals surface area contributed by atoms with E-state index in [4.69, 9.17) is 11.5 Å². The first-order valence-electron chi connectivity index (χ1n) is 17.9. The average Bonchev–Trinajstić information content (AvgIpc) is 3.88. The van der Waals surface area contributed by atoms with Gasteiger partial charge in [0.2, 0.25) is 23.7 Å². The summed E-state index contributed by atoms with van der Waals surface area (Å²) in [6.07, 6.45) is 4.65. The van der Waals surface area contributed by atoms with Gasteiger partial charge in [0.05, 0.1) is 33.5 Å². The van der Waals surface area contributed by atoms with Gasteiger partial charge in [-0.1, -0.05) is 12.5 Å². The highest BCUT2D eigenvalue weighted by molar-refractivity contribution is 6.05. The molecule has 0 fully saturated rings. The summed E-state index contributed by atoms with van der Waals surface area (Å²) in [4.78, 5) is 60.0. The fourth-order valence-corrected chi connectivity index (χ4v) is 6.76. The first-order chi connectivity index (χ1) is 25.9. The van der Waals surface area contributed by atoms with E-state index < -0.39 is 11.8 Å². The summed E-state index contributed by atoms with van der Waals surface area (Å²) < 4.78 is 7.08. The molecule has 0 unspecified atom stereocenters. The number of aryl methyl sites for hydroxylation is 5. The number of nitrogens with two attached hydrogens (primary N) is 2. The first-order valence-corrected chi connectivity index (χ1v) is 17.9. The van der Waals surface area contributed by atoms with Crippen LogP contribution in [0.3, 0.4) is 0 Å². The summed E-state index contributed by atoms with van der Waals surface area (Å²) in [5.74, 6) is -1.11. The van der Waals surface area contributed by atoms with Gasteiger partial charge in [-0.3, -0.25) is 39.2 Å². The topological polar surface area (TPSA) is 216 Å². The molecule has 0 aliphatic carbocycles. The normalized spacial score (nSPS) is 11.3. The lowest BCUT2D eigenvalue weighted by Gasteiger charge is -2.11. The van der Waals surface area contributed by atoms with Crippen LogP contribution in [-0.4, -0.2) is 62.3 Å². The summed E-state index contributed by atoms with van der Waals surface area (Å²) >= 11 is 0. The van der Waals surface area contributed by atoms with Crippen LogP contribution in [0.5, 0.6) is 0 Å². The van der Waals surface area contributed by atoms with Crippen molar-refractivity contribution in [3.05, 3.63) is 94.6 Å². The zero-order chi connectivity index (χ0) is 38.7. The van der Waals surface area contributed by atoms with Gasteiger partial charge < -0.3 is 20.6 Å². The van der Waals surface area contributed by atoms with Crippen molar-refractivity contribution in [3.63, 3.8) is 0 Å². The van der Waals surface area contributed by atoms with Gasteiger partial charge >= 0.3 is 0 Å². The summed E-state index contributed by atoms with van der Waals surface area (Å²) in [5, 5.41) is 15.1. The number of anilines is 2. The van der Waals surface area contributed by atoms with Gasteiger partial charge in [-0.2, -0.15) is 10.2 Å². The van der Waals surface area contributed by atoms with Gasteiger partial charge in [0.15, 0.2) is 0 Å². The van der Waals surface area contributed by atoms with E-state index in [-0.39, 0.29) is 11.8 Å². The average molecular weight is 733 g/mol. The number of nitrogens with zero attached hydrogens (tertiary/aromatic N) is 8. The molecular formula is C38H44N12O4. The molecule has 54 heavy (non-hydrogen) atoms. The Morgan fingerprint density at radius 2 is 1.37 bits per heavy atom. The third-order valence-corrected chi connectivity index (χ3v) is 9.34. The number of carbonyl (C=O) groups is 4. The third-order valence-electron chi connectivity index (χ3n) is 9.34. The molecule has 0 atom stereocenters. The molecule has 0 spiro atoms. The second-order valence-corrected chi connectivity index (χ2v) is 13.0. The number of hydrogen-bond donors (Lipinski definition) is 4. The van der Waals surface area contributed by atoms with Gasteiger partial charge in [0.25, 0.3) is 11.8 Å². The van der Waals surface area contributed by atoms with E-state index in [1.807, 2.05) is 36.8 Å². The van der Waals surface area contributed by atoms with Crippen molar-refractivity contribution < 1.29 is 19.2 Å². The molecule has 280 valence electrons. The van der Waals surface area contributed by atoms with E-state index in [2.05, 4.69) is 37.4 Å². The van der Waals surface area contributed by atoms with E-state index in [1.165, 1.54) is 0 Å². The third kappa shape index (κ3) is 7.35. The summed E-state index contributed by atoms with van der Waals surface area (Å²) in [7, 11) is 0. The molecule has 6 rings (SSSR count). The second-order valence-electron chi connectivity index (χ2n) is 13.0. The van der Waals surface area contributed by atoms with Crippen molar-refractivity contribution in [2.75, 3.05) is 10.6 Å². The van der Waals surface area contributed by atoms with Gasteiger partial charge in [-0.15, -0.1) is 6.58 Å². The lowest BCUT2D eigenvalue weighted by molar-refractivity contribution is 0.0992. The molecule has 4 amide bonds. The van der Waals surface area contributed by atoms with Crippen molar-refractivity contribution in [3.8, 4) is 0 Å². The predicted molar refractivity (Wildman–Crippen MR) is 205 cm³/mol. The minimum Gasteiger partial charge on any atom is -0.366 e. The number of fused-ring (bicyclic) bond motifs is 2. The van der Waals surface area contributed by atoms with Crippen LogP contribution < -0.4 is 22.1 Å². The smallest absolute Gasteiger partial charge is 0.276 e. The van der Waals surface area contributed by atoms with Crippen LogP contribution >= 0.6 is 0 Å². The van der Waals surface area contributed by atoms with E-state index in [0.717, 1.165) is 41.6 Å². The number of imidazole rings is 2. The van der Waals surface area contributed by atoms with Crippen LogP contribution in [0, 0.1) is 13.8 Å². The Morgan fingerprint density at radius 1 is 0.759 bits per heavy atom. The largest absolute Gasteiger partial charge is 0.366 e. The molecule has 0 bridgehead atoms. The molecule has 0 aliphatic heterocycles. The molecule has 16 nitrogen and oxygen atoms in total. The minimum atomic E-state index is -0.563. The van der Waals surface area contributed by atoms with Crippen molar-refractivity contribution in [2.45, 2.75) is 79.6 Å². The zero-order valence-corrected chi connectivity index (χ0v) is 30.8. The van der Waals surface area contributed by atoms with Gasteiger partial charge in [-0.05, 0) is 89.4 Å². The highest BCUT2D eigenvalue weighted by Gasteiger charge is 2.24. The van der Waals surface area contributed by atoms with Crippen molar-refractivity contribution in [1.29, 1.82) is 0 Å². The quantitative estimate of drug-likeness (QED) is 0.0804. The fraction of sp³-hybridized carbons (Fsp3) is 0.316. The molecule has 6 aromatic rings. The number of allylic oxidation sites excluding steroid dienone is 1. The number of primary amides is 2. The maximum absolute atomic E-state index is 13.9. The standard InChI is InChI=1S/C38H44N12O4/c1-6-17-48-30-16-14-25(34(40)52)21-28(30)42-38(48)44-36(54)32-26(23(5)46-49(32)8-3)12-10-9-11-18-50-31(19-22(4)45-50)35(53)43-37-41-27-20-24(33(39)51)13-15-29(27)47(37)7-2/h6,13-16,19-21H,1,7-12,17-18H2,2-5H3,(H2,39,51)(H2,40,52)(H,41,43,53)(H,42,44,54). The maximum atomic E-state index is 13.9. The SMILES string of the molecule is C=CCn1c(NC(=O)c2c(CCCCCn3nc(C)cc3C(=O)Nc3nc4cc(C(N)=O)ccc4n3CC)c(C)nn2CC)nc2cc(C(N)=O)ccc21. The molecule has 2 aromatic carbocycles. The lowest BCUT2D eigenvalue weighted by atomic mass is 10.0. The Morgan fingerprint density at radius 3 is 1.96 bits per heavy atom. The molecule has 0 saturated heterocycles. The number of carbonyl (C=O) groups excluding carboxylic acids is 4. The number of hydrogen-bond acceptors (Lipinski definition) is 8. The summed E-state index contributed by atoms with van der Waals surface area (Å²) in [5.41, 5.74) is 17.4. The highest BCUT2D eigenvalue weighted by Crippen LogP contribution is 2.25. The zero-order valence-electron chi connectivity index (χ0n) is 30.8. The van der Waals surface area contributed by atoms with E-state index in [0.29, 0.717) is 83.7 Å². The van der Waals surface area contributed by atoms with Crippen LogP contribution in [-0.2, 0) is 32.6 Å². The Kier molecular flexibility index (Phi) is 10.7. The fourth-order valence-electron chi connectivity index (χ4n) is 6.76. The van der Waals surface area contributed by atoms with Crippen LogP contribution in [0.4, 0.5) is 11.9 Å². The van der Waals surface area contributed by atoms with E-state index in [1.54, 1.807) is 57.9 Å². The highest BCUT2D eigenvalue weighted by atomic mass is 16.2. The number of rotatable bonds is 16. The van der Waals surface area contributed by atoms with Crippen molar-refractivity contribution in [1.82, 2.24) is 38.7 Å². The molecule has 4 aromatic heterocycles. The summed E-state index contributed by atoms with van der Waals surface area (Å²) in [6, 6.07) is 11.7. The van der Waals surface area contributed by atoms with Crippen LogP contribution in [0.1, 0.15) is 91.8 Å². The number of unbranched alkanes of at least 4 members (excludes halogenated alkanes) is 2. The van der Waals surface area contributed by atoms with E-state index in [9.17, 15) is 19.2 Å². The van der Waals surface area contributed by atoms with Gasteiger partial charge in [-0.25, -0.2) is 9.97 Å². The number of aromatic nitrogens is 8. The number of amides is 4.